The van der Waals surface area contributed by atoms with Gasteiger partial charge in [-0.3, -0.25) is 4.79 Å². The predicted octanol–water partition coefficient (Wildman–Crippen LogP) is 4.66. The third kappa shape index (κ3) is 3.66. The summed E-state index contributed by atoms with van der Waals surface area (Å²) in [6.45, 7) is 10.1. The first-order valence-electron chi connectivity index (χ1n) is 8.18. The molecule has 1 atom stereocenters. The van der Waals surface area contributed by atoms with Crippen molar-refractivity contribution in [3.63, 3.8) is 0 Å². The Bertz CT molecular complexity index is 466. The van der Waals surface area contributed by atoms with Gasteiger partial charge in [0.1, 0.15) is 0 Å². The van der Waals surface area contributed by atoms with Gasteiger partial charge in [0.2, 0.25) is 0 Å². The molecule has 1 amide bonds. The first-order chi connectivity index (χ1) is 9.85. The SMILES string of the molecule is CC(C(C)(C)C)C1(CNC(=O)c2ccccc2)CCCC1. The first-order valence-corrected chi connectivity index (χ1v) is 8.18. The van der Waals surface area contributed by atoms with Gasteiger partial charge in [-0.2, -0.15) is 0 Å². The molecule has 2 nitrogen and oxygen atoms in total. The quantitative estimate of drug-likeness (QED) is 0.857. The average molecular weight is 287 g/mol. The Kier molecular flexibility index (Phi) is 4.75. The minimum Gasteiger partial charge on any atom is -0.351 e. The first kappa shape index (κ1) is 16.1. The molecule has 1 fully saturated rings. The van der Waals surface area contributed by atoms with E-state index < -0.39 is 0 Å². The topological polar surface area (TPSA) is 29.1 Å². The summed E-state index contributed by atoms with van der Waals surface area (Å²) in [4.78, 5) is 12.3. The van der Waals surface area contributed by atoms with E-state index in [1.807, 2.05) is 30.3 Å². The normalized spacial score (nSPS) is 19.2. The van der Waals surface area contributed by atoms with Gasteiger partial charge in [-0.1, -0.05) is 58.7 Å². The van der Waals surface area contributed by atoms with Crippen molar-refractivity contribution in [1.29, 1.82) is 0 Å². The van der Waals surface area contributed by atoms with Gasteiger partial charge in [0.15, 0.2) is 0 Å². The van der Waals surface area contributed by atoms with E-state index >= 15 is 0 Å². The molecule has 1 aromatic carbocycles. The maximum Gasteiger partial charge on any atom is 0.251 e. The number of carbonyl (C=O) groups excluding carboxylic acids is 1. The average Bonchev–Trinajstić information content (AvgIpc) is 2.94. The Balaban J connectivity index is 2.06. The van der Waals surface area contributed by atoms with Crippen LogP contribution in [0.25, 0.3) is 0 Å². The lowest BCUT2D eigenvalue weighted by Gasteiger charge is -2.43. The zero-order chi connectivity index (χ0) is 15.5. The van der Waals surface area contributed by atoms with E-state index in [4.69, 9.17) is 0 Å². The molecule has 1 unspecified atom stereocenters. The van der Waals surface area contributed by atoms with E-state index in [0.717, 1.165) is 12.1 Å². The molecule has 0 aromatic heterocycles. The van der Waals surface area contributed by atoms with Gasteiger partial charge in [-0.25, -0.2) is 0 Å². The van der Waals surface area contributed by atoms with Gasteiger partial charge < -0.3 is 5.32 Å². The van der Waals surface area contributed by atoms with E-state index in [-0.39, 0.29) is 16.7 Å². The highest BCUT2D eigenvalue weighted by Crippen LogP contribution is 2.50. The van der Waals surface area contributed by atoms with Crippen LogP contribution in [0.5, 0.6) is 0 Å². The van der Waals surface area contributed by atoms with Gasteiger partial charge in [0.25, 0.3) is 5.91 Å². The summed E-state index contributed by atoms with van der Waals surface area (Å²) >= 11 is 0. The molecule has 0 bridgehead atoms. The Hall–Kier alpha value is -1.31. The molecule has 116 valence electrons. The van der Waals surface area contributed by atoms with Crippen LogP contribution in [0.15, 0.2) is 30.3 Å². The Morgan fingerprint density at radius 2 is 1.76 bits per heavy atom. The summed E-state index contributed by atoms with van der Waals surface area (Å²) < 4.78 is 0. The van der Waals surface area contributed by atoms with E-state index in [0.29, 0.717) is 5.92 Å². The predicted molar refractivity (Wildman–Crippen MR) is 88.3 cm³/mol. The molecule has 2 heteroatoms. The fraction of sp³-hybridized carbons (Fsp3) is 0.632. The van der Waals surface area contributed by atoms with Gasteiger partial charge in [0, 0.05) is 12.1 Å². The number of hydrogen-bond donors (Lipinski definition) is 1. The van der Waals surface area contributed by atoms with E-state index in [1.165, 1.54) is 25.7 Å². The van der Waals surface area contributed by atoms with Crippen molar-refractivity contribution in [1.82, 2.24) is 5.32 Å². The molecule has 0 saturated heterocycles. The highest BCUT2D eigenvalue weighted by molar-refractivity contribution is 5.94. The monoisotopic (exact) mass is 287 g/mol. The highest BCUT2D eigenvalue weighted by Gasteiger charge is 2.43. The lowest BCUT2D eigenvalue weighted by Crippen LogP contribution is -2.44. The van der Waals surface area contributed by atoms with Gasteiger partial charge >= 0.3 is 0 Å². The van der Waals surface area contributed by atoms with Crippen LogP contribution < -0.4 is 5.32 Å². The van der Waals surface area contributed by atoms with Crippen molar-refractivity contribution in [3.05, 3.63) is 35.9 Å². The molecule has 0 heterocycles. The van der Waals surface area contributed by atoms with Crippen molar-refractivity contribution < 1.29 is 4.79 Å². The second-order valence-corrected chi connectivity index (χ2v) is 7.71. The summed E-state index contributed by atoms with van der Waals surface area (Å²) in [7, 11) is 0. The number of carbonyl (C=O) groups is 1. The van der Waals surface area contributed by atoms with Crippen LogP contribution >= 0.6 is 0 Å². The Morgan fingerprint density at radius 3 is 2.29 bits per heavy atom. The Morgan fingerprint density at radius 1 is 1.19 bits per heavy atom. The van der Waals surface area contributed by atoms with Crippen molar-refractivity contribution in [2.24, 2.45) is 16.7 Å². The van der Waals surface area contributed by atoms with E-state index in [1.54, 1.807) is 0 Å². The van der Waals surface area contributed by atoms with Crippen LogP contribution in [0.3, 0.4) is 0 Å². The van der Waals surface area contributed by atoms with Crippen molar-refractivity contribution in [2.45, 2.75) is 53.4 Å². The van der Waals surface area contributed by atoms with Crippen molar-refractivity contribution in [2.75, 3.05) is 6.54 Å². The molecule has 2 rings (SSSR count). The summed E-state index contributed by atoms with van der Waals surface area (Å²) in [5, 5.41) is 3.20. The largest absolute Gasteiger partial charge is 0.351 e. The molecule has 21 heavy (non-hydrogen) atoms. The van der Waals surface area contributed by atoms with Crippen LogP contribution in [0, 0.1) is 16.7 Å². The molecule has 1 N–H and O–H groups in total. The number of nitrogens with one attached hydrogen (secondary N) is 1. The van der Waals surface area contributed by atoms with Gasteiger partial charge in [0.05, 0.1) is 0 Å². The molecule has 1 aliphatic carbocycles. The highest BCUT2D eigenvalue weighted by atomic mass is 16.1. The lowest BCUT2D eigenvalue weighted by atomic mass is 9.64. The zero-order valence-electron chi connectivity index (χ0n) is 13.9. The number of rotatable bonds is 4. The molecule has 0 radical (unpaired) electrons. The minimum absolute atomic E-state index is 0.0583. The third-order valence-electron chi connectivity index (χ3n) is 5.45. The maximum atomic E-state index is 12.3. The molecule has 1 aliphatic rings. The van der Waals surface area contributed by atoms with Crippen LogP contribution in [0.2, 0.25) is 0 Å². The smallest absolute Gasteiger partial charge is 0.251 e. The van der Waals surface area contributed by atoms with Crippen LogP contribution in [-0.4, -0.2) is 12.5 Å². The fourth-order valence-corrected chi connectivity index (χ4v) is 3.71. The molecule has 0 spiro atoms. The molecule has 1 saturated carbocycles. The maximum absolute atomic E-state index is 12.3. The lowest BCUT2D eigenvalue weighted by molar-refractivity contribution is 0.0665. The van der Waals surface area contributed by atoms with Crippen LogP contribution in [-0.2, 0) is 0 Å². The van der Waals surface area contributed by atoms with Gasteiger partial charge in [-0.15, -0.1) is 0 Å². The molecular weight excluding hydrogens is 258 g/mol. The van der Waals surface area contributed by atoms with Crippen molar-refractivity contribution >= 4 is 5.91 Å². The summed E-state index contributed by atoms with van der Waals surface area (Å²) in [6, 6.07) is 9.53. The number of benzene rings is 1. The van der Waals surface area contributed by atoms with E-state index in [2.05, 4.69) is 33.0 Å². The fourth-order valence-electron chi connectivity index (χ4n) is 3.71. The number of amides is 1. The van der Waals surface area contributed by atoms with Crippen LogP contribution in [0.1, 0.15) is 63.7 Å². The van der Waals surface area contributed by atoms with E-state index in [9.17, 15) is 4.79 Å². The minimum atomic E-state index is 0.0583. The second-order valence-electron chi connectivity index (χ2n) is 7.71. The third-order valence-corrected chi connectivity index (χ3v) is 5.45. The molecule has 1 aromatic rings. The molecule has 0 aliphatic heterocycles. The standard InChI is InChI=1S/C19H29NO/c1-15(18(2,3)4)19(12-8-9-13-19)14-20-17(21)16-10-6-5-7-11-16/h5-7,10-11,15H,8-9,12-14H2,1-4H3,(H,20,21). The number of hydrogen-bond acceptors (Lipinski definition) is 1. The summed E-state index contributed by atoms with van der Waals surface area (Å²) in [5.74, 6) is 0.659. The van der Waals surface area contributed by atoms with Crippen molar-refractivity contribution in [3.8, 4) is 0 Å². The summed E-state index contributed by atoms with van der Waals surface area (Å²) in [5.41, 5.74) is 1.30. The van der Waals surface area contributed by atoms with Gasteiger partial charge in [-0.05, 0) is 41.7 Å². The Labute approximate surface area is 129 Å². The molecular formula is C19H29NO. The second kappa shape index (κ2) is 6.21. The zero-order valence-corrected chi connectivity index (χ0v) is 13.9. The van der Waals surface area contributed by atoms with Crippen LogP contribution in [0.4, 0.5) is 0 Å². The summed E-state index contributed by atoms with van der Waals surface area (Å²) in [6.07, 6.45) is 5.06.